The standard InChI is InChI=1S/C3H6F2O4S2/c1-3(11(5,8)9)2-10(4,6)7/h3H,2H2,1H3. The van der Waals surface area contributed by atoms with Gasteiger partial charge in [0.1, 0.15) is 5.25 Å². The van der Waals surface area contributed by atoms with Crippen molar-refractivity contribution in [3.05, 3.63) is 0 Å². The molecule has 0 bridgehead atoms. The van der Waals surface area contributed by atoms with E-state index in [9.17, 15) is 24.6 Å². The predicted octanol–water partition coefficient (Wildman–Crippen LogP) is -0.0265. The van der Waals surface area contributed by atoms with Crippen molar-refractivity contribution in [3.8, 4) is 0 Å². The minimum atomic E-state index is -4.96. The molecule has 0 saturated heterocycles. The maximum absolute atomic E-state index is 11.9. The van der Waals surface area contributed by atoms with Gasteiger partial charge < -0.3 is 0 Å². The van der Waals surface area contributed by atoms with Crippen molar-refractivity contribution in [2.75, 3.05) is 5.75 Å². The SMILES string of the molecule is CC(CS(=O)(=O)F)S(=O)(=O)F. The molecular formula is C3H6F2O4S2. The first-order valence-electron chi connectivity index (χ1n) is 2.49. The van der Waals surface area contributed by atoms with Crippen LogP contribution in [0.4, 0.5) is 7.77 Å². The van der Waals surface area contributed by atoms with Crippen molar-refractivity contribution < 1.29 is 24.6 Å². The average molecular weight is 208 g/mol. The summed E-state index contributed by atoms with van der Waals surface area (Å²) in [6.07, 6.45) is 0. The topological polar surface area (TPSA) is 68.3 Å². The third-order valence-corrected chi connectivity index (χ3v) is 3.15. The van der Waals surface area contributed by atoms with E-state index in [1.807, 2.05) is 0 Å². The second-order valence-corrected chi connectivity index (χ2v) is 5.16. The van der Waals surface area contributed by atoms with E-state index in [1.165, 1.54) is 0 Å². The first kappa shape index (κ1) is 10.8. The summed E-state index contributed by atoms with van der Waals surface area (Å²) in [7, 11) is -9.88. The van der Waals surface area contributed by atoms with Crippen LogP contribution in [0.3, 0.4) is 0 Å². The molecule has 0 rings (SSSR count). The van der Waals surface area contributed by atoms with Crippen LogP contribution in [0.5, 0.6) is 0 Å². The Hall–Kier alpha value is -0.240. The van der Waals surface area contributed by atoms with Gasteiger partial charge >= 0.3 is 20.4 Å². The van der Waals surface area contributed by atoms with Gasteiger partial charge in [-0.25, -0.2) is 0 Å². The fourth-order valence-corrected chi connectivity index (χ4v) is 2.06. The molecule has 1 unspecified atom stereocenters. The highest BCUT2D eigenvalue weighted by atomic mass is 32.3. The van der Waals surface area contributed by atoms with Crippen molar-refractivity contribution in [3.63, 3.8) is 0 Å². The van der Waals surface area contributed by atoms with E-state index >= 15 is 0 Å². The summed E-state index contributed by atoms with van der Waals surface area (Å²) in [5.74, 6) is -1.34. The highest BCUT2D eigenvalue weighted by Crippen LogP contribution is 2.06. The maximum Gasteiger partial charge on any atom is 0.306 e. The smallest absolute Gasteiger partial charge is 0.195 e. The molecule has 8 heteroatoms. The minimum absolute atomic E-state index is 0.770. The lowest BCUT2D eigenvalue weighted by atomic mass is 10.6. The molecule has 0 aromatic carbocycles. The number of hydrogen-bond acceptors (Lipinski definition) is 4. The van der Waals surface area contributed by atoms with E-state index in [2.05, 4.69) is 0 Å². The van der Waals surface area contributed by atoms with Gasteiger partial charge in [0.2, 0.25) is 0 Å². The van der Waals surface area contributed by atoms with Crippen LogP contribution in [0.15, 0.2) is 0 Å². The lowest BCUT2D eigenvalue weighted by molar-refractivity contribution is 0.529. The number of halogens is 2. The predicted molar refractivity (Wildman–Crippen MR) is 34.4 cm³/mol. The van der Waals surface area contributed by atoms with Crippen LogP contribution in [0.25, 0.3) is 0 Å². The van der Waals surface area contributed by atoms with E-state index in [1.54, 1.807) is 0 Å². The molecule has 0 aromatic heterocycles. The fraction of sp³-hybridized carbons (Fsp3) is 1.00. The summed E-state index contributed by atoms with van der Waals surface area (Å²) < 4.78 is 63.0. The second kappa shape index (κ2) is 3.02. The van der Waals surface area contributed by atoms with Crippen molar-refractivity contribution in [2.45, 2.75) is 12.2 Å². The molecule has 0 amide bonds. The lowest BCUT2D eigenvalue weighted by Crippen LogP contribution is -2.21. The van der Waals surface area contributed by atoms with Crippen LogP contribution in [0.1, 0.15) is 6.92 Å². The zero-order chi connectivity index (χ0) is 9.28. The Balaban J connectivity index is 4.47. The molecular weight excluding hydrogens is 202 g/mol. The second-order valence-electron chi connectivity index (χ2n) is 1.99. The largest absolute Gasteiger partial charge is 0.306 e. The monoisotopic (exact) mass is 208 g/mol. The molecule has 11 heavy (non-hydrogen) atoms. The fourth-order valence-electron chi connectivity index (χ4n) is 0.362. The molecule has 0 saturated carbocycles. The Morgan fingerprint density at radius 2 is 1.55 bits per heavy atom. The lowest BCUT2D eigenvalue weighted by Gasteiger charge is -2.00. The summed E-state index contributed by atoms with van der Waals surface area (Å²) in [5.41, 5.74) is 0. The first-order valence-corrected chi connectivity index (χ1v) is 5.48. The van der Waals surface area contributed by atoms with Gasteiger partial charge in [0.05, 0.1) is 5.75 Å². The normalized spacial score (nSPS) is 16.3. The van der Waals surface area contributed by atoms with E-state index in [0.717, 1.165) is 6.92 Å². The summed E-state index contributed by atoms with van der Waals surface area (Å²) in [5, 5.41) is -1.85. The molecule has 4 nitrogen and oxygen atoms in total. The Morgan fingerprint density at radius 3 is 1.64 bits per heavy atom. The molecule has 1 atom stereocenters. The van der Waals surface area contributed by atoms with E-state index in [4.69, 9.17) is 0 Å². The zero-order valence-electron chi connectivity index (χ0n) is 5.49. The summed E-state index contributed by atoms with van der Waals surface area (Å²) in [4.78, 5) is 0. The number of rotatable bonds is 3. The van der Waals surface area contributed by atoms with Crippen molar-refractivity contribution in [1.29, 1.82) is 0 Å². The van der Waals surface area contributed by atoms with Gasteiger partial charge in [-0.3, -0.25) is 0 Å². The van der Waals surface area contributed by atoms with Crippen molar-refractivity contribution in [2.24, 2.45) is 0 Å². The Labute approximate surface area is 63.6 Å². The van der Waals surface area contributed by atoms with Gasteiger partial charge in [0.25, 0.3) is 0 Å². The van der Waals surface area contributed by atoms with Crippen LogP contribution in [0, 0.1) is 0 Å². The Morgan fingerprint density at radius 1 is 1.18 bits per heavy atom. The van der Waals surface area contributed by atoms with Gasteiger partial charge in [-0.1, -0.05) is 0 Å². The van der Waals surface area contributed by atoms with Crippen LogP contribution in [-0.4, -0.2) is 27.8 Å². The van der Waals surface area contributed by atoms with Crippen LogP contribution in [0.2, 0.25) is 0 Å². The molecule has 0 fully saturated rings. The zero-order valence-corrected chi connectivity index (χ0v) is 7.12. The quantitative estimate of drug-likeness (QED) is 0.611. The van der Waals surface area contributed by atoms with Crippen molar-refractivity contribution in [1.82, 2.24) is 0 Å². The van der Waals surface area contributed by atoms with Gasteiger partial charge in [-0.05, 0) is 6.92 Å². The van der Waals surface area contributed by atoms with E-state index < -0.39 is 31.4 Å². The highest BCUT2D eigenvalue weighted by Gasteiger charge is 2.25. The molecule has 0 radical (unpaired) electrons. The van der Waals surface area contributed by atoms with E-state index in [-0.39, 0.29) is 0 Å². The average Bonchev–Trinajstić information content (AvgIpc) is 1.56. The van der Waals surface area contributed by atoms with Crippen LogP contribution in [-0.2, 0) is 20.4 Å². The first-order chi connectivity index (χ1) is 4.63. The minimum Gasteiger partial charge on any atom is -0.195 e. The molecule has 0 heterocycles. The van der Waals surface area contributed by atoms with Gasteiger partial charge in [-0.2, -0.15) is 16.8 Å². The molecule has 0 aromatic rings. The molecule has 0 aliphatic heterocycles. The van der Waals surface area contributed by atoms with E-state index in [0.29, 0.717) is 0 Å². The molecule has 0 spiro atoms. The molecule has 68 valence electrons. The third-order valence-electron chi connectivity index (χ3n) is 0.914. The Bertz CT molecular complexity index is 315. The number of hydrogen-bond donors (Lipinski definition) is 0. The maximum atomic E-state index is 11.9. The molecule has 0 aliphatic rings. The third kappa shape index (κ3) is 5.08. The highest BCUT2D eigenvalue weighted by molar-refractivity contribution is 7.90. The molecule has 0 N–H and O–H groups in total. The van der Waals surface area contributed by atoms with Crippen molar-refractivity contribution >= 4 is 20.4 Å². The van der Waals surface area contributed by atoms with Gasteiger partial charge in [0, 0.05) is 0 Å². The van der Waals surface area contributed by atoms with Crippen LogP contribution < -0.4 is 0 Å². The molecule has 0 aliphatic carbocycles. The summed E-state index contributed by atoms with van der Waals surface area (Å²) >= 11 is 0. The summed E-state index contributed by atoms with van der Waals surface area (Å²) in [6, 6.07) is 0. The Kier molecular flexibility index (Phi) is 2.95. The summed E-state index contributed by atoms with van der Waals surface area (Å²) in [6.45, 7) is 0.770. The van der Waals surface area contributed by atoms with Gasteiger partial charge in [-0.15, -0.1) is 7.77 Å². The van der Waals surface area contributed by atoms with Gasteiger partial charge in [0.15, 0.2) is 0 Å². The van der Waals surface area contributed by atoms with Crippen LogP contribution >= 0.6 is 0 Å².